The largest absolute Gasteiger partial charge is 0.0826 e. The second kappa shape index (κ2) is 11.4. The van der Waals surface area contributed by atoms with Crippen LogP contribution in [0, 0.1) is 0 Å². The van der Waals surface area contributed by atoms with Gasteiger partial charge in [0.25, 0.3) is 5.92 Å². The van der Waals surface area contributed by atoms with Gasteiger partial charge < -0.3 is 0 Å². The van der Waals surface area contributed by atoms with Gasteiger partial charge in [0.1, 0.15) is 0 Å². The first-order chi connectivity index (χ1) is 17.4. The van der Waals surface area contributed by atoms with Crippen LogP contribution in [0.2, 0.25) is 20.1 Å². The molecule has 1 fully saturated rings. The molecule has 0 aliphatic heterocycles. The number of amides is 2. The molecular weight excluding hydrogens is 623 g/mol. The van der Waals surface area contributed by atoms with Crippen molar-refractivity contribution in [3.05, 3.63) is 73.2 Å². The predicted molar refractivity (Wildman–Crippen MR) is 139 cm³/mol. The third-order valence-electron chi connectivity index (χ3n) is 5.70. The molecular formula is C23H19Cl4F6N2O2P. The third-order valence-corrected chi connectivity index (χ3v) is 7.79. The number of halogens is 10. The van der Waals surface area contributed by atoms with E-state index in [4.69, 9.17) is 46.4 Å². The SMILES string of the molecule is CC(F)(F)C(/C=C(\F)c1ccc(C(=O)NC2(C(=O)NC[PH](F)(F)F)CC2)c(Cl)c1)c1cc(Cl)c(Cl)c(Cl)c1. The molecule has 0 radical (unpaired) electrons. The smallest absolute Gasteiger partial charge is 0.0778 e. The Morgan fingerprint density at radius 3 is 2.11 bits per heavy atom. The van der Waals surface area contributed by atoms with E-state index in [1.54, 1.807) is 5.32 Å². The maximum atomic E-state index is 15.1. The topological polar surface area (TPSA) is 58.2 Å². The van der Waals surface area contributed by atoms with Gasteiger partial charge in [-0.15, -0.1) is 0 Å². The summed E-state index contributed by atoms with van der Waals surface area (Å²) in [6.07, 6.45) is -0.518. The van der Waals surface area contributed by atoms with Crippen LogP contribution in [0.1, 0.15) is 47.2 Å². The van der Waals surface area contributed by atoms with Crippen LogP contribution in [0.3, 0.4) is 0 Å². The summed E-state index contributed by atoms with van der Waals surface area (Å²) in [7, 11) is -6.03. The average molecular weight is 642 g/mol. The quantitative estimate of drug-likeness (QED) is 0.163. The van der Waals surface area contributed by atoms with Gasteiger partial charge >= 0.3 is 140 Å². The van der Waals surface area contributed by atoms with E-state index in [2.05, 4.69) is 5.32 Å². The fraction of sp³-hybridized carbons (Fsp3) is 0.304. The summed E-state index contributed by atoms with van der Waals surface area (Å²) in [6, 6.07) is 5.51. The van der Waals surface area contributed by atoms with E-state index < -0.39 is 49.5 Å². The first-order valence-electron chi connectivity index (χ1n) is 10.8. The standard InChI is InChI=1S/C23H19Cl4F6N2O2P/c1-22(29,30)14(12-7-16(25)19(27)17(26)8-12)9-18(28)11-2-3-13(15(24)6-11)20(36)35-23(4-5-23)21(37)34-10-38(31,32)33/h2-3,6-9,14,38H,4-5,10H2,1H3,(H,34,37)(H,35,36)/b18-9-. The molecule has 1 unspecified atom stereocenters. The summed E-state index contributed by atoms with van der Waals surface area (Å²) in [5.41, 5.74) is -2.03. The van der Waals surface area contributed by atoms with Crippen molar-refractivity contribution in [2.45, 2.75) is 37.1 Å². The first-order valence-corrected chi connectivity index (χ1v) is 14.2. The summed E-state index contributed by atoms with van der Waals surface area (Å²) >= 11 is 23.9. The van der Waals surface area contributed by atoms with Crippen LogP contribution >= 0.6 is 54.6 Å². The van der Waals surface area contributed by atoms with Crippen LogP contribution in [0.4, 0.5) is 25.8 Å². The van der Waals surface area contributed by atoms with Crippen molar-refractivity contribution in [1.82, 2.24) is 10.6 Å². The third kappa shape index (κ3) is 7.48. The minimum atomic E-state index is -6.03. The van der Waals surface area contributed by atoms with Gasteiger partial charge in [0, 0.05) is 6.92 Å². The molecule has 2 N–H and O–H groups in total. The monoisotopic (exact) mass is 640 g/mol. The Balaban J connectivity index is 1.82. The molecule has 2 aromatic carbocycles. The molecule has 4 nitrogen and oxygen atoms in total. The Morgan fingerprint density at radius 1 is 1.05 bits per heavy atom. The fourth-order valence-corrected chi connectivity index (χ4v) is 4.79. The molecule has 0 heterocycles. The van der Waals surface area contributed by atoms with Crippen molar-refractivity contribution >= 4 is 72.2 Å². The molecule has 1 atom stereocenters. The Kier molecular flexibility index (Phi) is 9.26. The molecule has 0 bridgehead atoms. The molecule has 0 spiro atoms. The molecule has 208 valence electrons. The Bertz CT molecular complexity index is 1270. The van der Waals surface area contributed by atoms with E-state index in [-0.39, 0.29) is 49.6 Å². The molecule has 0 saturated heterocycles. The average Bonchev–Trinajstić information content (AvgIpc) is 3.58. The van der Waals surface area contributed by atoms with E-state index in [9.17, 15) is 31.0 Å². The van der Waals surface area contributed by atoms with Gasteiger partial charge in [0.2, 0.25) is 0 Å². The Hall–Kier alpha value is -1.71. The molecule has 1 aliphatic carbocycles. The number of nitrogens with one attached hydrogen (secondary N) is 2. The van der Waals surface area contributed by atoms with Gasteiger partial charge in [-0.2, -0.15) is 0 Å². The maximum absolute atomic E-state index is 15.1. The van der Waals surface area contributed by atoms with Crippen LogP contribution in [-0.4, -0.2) is 29.6 Å². The molecule has 1 saturated carbocycles. The maximum Gasteiger partial charge on any atom is 0.0778 e. The Morgan fingerprint density at radius 2 is 1.63 bits per heavy atom. The summed E-state index contributed by atoms with van der Waals surface area (Å²) in [4.78, 5) is 24.8. The van der Waals surface area contributed by atoms with E-state index >= 15 is 4.39 Å². The number of hydrogen-bond donors (Lipinski definition) is 2. The first kappa shape index (κ1) is 30.8. The van der Waals surface area contributed by atoms with Crippen LogP contribution in [-0.2, 0) is 4.79 Å². The zero-order valence-electron chi connectivity index (χ0n) is 19.3. The summed E-state index contributed by atoms with van der Waals surface area (Å²) in [5.74, 6) is -8.18. The summed E-state index contributed by atoms with van der Waals surface area (Å²) in [5, 5.41) is 3.63. The van der Waals surface area contributed by atoms with Gasteiger partial charge in [-0.1, -0.05) is 34.8 Å². The molecule has 3 rings (SSSR count). The van der Waals surface area contributed by atoms with Crippen molar-refractivity contribution in [3.63, 3.8) is 0 Å². The minimum absolute atomic E-state index is 0.0481. The summed E-state index contributed by atoms with van der Waals surface area (Å²) < 4.78 is 81.5. The number of alkyl halides is 2. The van der Waals surface area contributed by atoms with Crippen LogP contribution < -0.4 is 10.6 Å². The van der Waals surface area contributed by atoms with Crippen molar-refractivity contribution in [2.24, 2.45) is 0 Å². The zero-order chi connectivity index (χ0) is 28.6. The summed E-state index contributed by atoms with van der Waals surface area (Å²) in [6.45, 7) is 0.582. The van der Waals surface area contributed by atoms with Crippen molar-refractivity contribution in [3.8, 4) is 0 Å². The van der Waals surface area contributed by atoms with Crippen LogP contribution in [0.25, 0.3) is 5.83 Å². The van der Waals surface area contributed by atoms with Gasteiger partial charge in [-0.05, 0) is 17.7 Å². The Labute approximate surface area is 234 Å². The fourth-order valence-electron chi connectivity index (χ4n) is 3.55. The minimum Gasteiger partial charge on any atom is -0.0826 e. The van der Waals surface area contributed by atoms with Crippen molar-refractivity contribution < 1.29 is 35.4 Å². The number of hydrogen-bond acceptors (Lipinski definition) is 2. The van der Waals surface area contributed by atoms with E-state index in [1.807, 2.05) is 0 Å². The van der Waals surface area contributed by atoms with E-state index in [1.165, 1.54) is 0 Å². The van der Waals surface area contributed by atoms with Crippen LogP contribution in [0.5, 0.6) is 0 Å². The van der Waals surface area contributed by atoms with E-state index in [0.717, 1.165) is 30.3 Å². The molecule has 2 amide bonds. The van der Waals surface area contributed by atoms with Gasteiger partial charge in [-0.25, -0.2) is 8.78 Å². The molecule has 2 aromatic rings. The molecule has 15 heteroatoms. The number of carbonyl (C=O) groups is 2. The number of carbonyl (C=O) groups excluding carboxylic acids is 2. The molecule has 38 heavy (non-hydrogen) atoms. The number of rotatable bonds is 9. The normalized spacial score (nSPS) is 16.6. The van der Waals surface area contributed by atoms with Gasteiger partial charge in [0.05, 0.1) is 21.0 Å². The number of benzene rings is 2. The van der Waals surface area contributed by atoms with Gasteiger partial charge in [0.15, 0.2) is 0 Å². The van der Waals surface area contributed by atoms with Crippen molar-refractivity contribution in [1.29, 1.82) is 0 Å². The number of allylic oxidation sites excluding steroid dienone is 1. The van der Waals surface area contributed by atoms with Gasteiger partial charge in [-0.3, -0.25) is 0 Å². The van der Waals surface area contributed by atoms with Crippen molar-refractivity contribution in [2.75, 3.05) is 6.29 Å². The van der Waals surface area contributed by atoms with Crippen LogP contribution in [0.15, 0.2) is 36.4 Å². The second-order valence-corrected chi connectivity index (χ2v) is 12.0. The molecule has 1 aliphatic rings. The predicted octanol–water partition coefficient (Wildman–Crippen LogP) is 8.79. The molecule has 0 aromatic heterocycles. The zero-order valence-corrected chi connectivity index (χ0v) is 23.3. The van der Waals surface area contributed by atoms with E-state index in [0.29, 0.717) is 13.0 Å². The second-order valence-electron chi connectivity index (χ2n) is 8.78.